The van der Waals surface area contributed by atoms with Gasteiger partial charge in [0.2, 0.25) is 5.91 Å². The van der Waals surface area contributed by atoms with E-state index in [1.54, 1.807) is 36.5 Å². The van der Waals surface area contributed by atoms with Crippen LogP contribution >= 0.6 is 11.6 Å². The zero-order chi connectivity index (χ0) is 26.9. The molecule has 0 aliphatic heterocycles. The van der Waals surface area contributed by atoms with Crippen LogP contribution < -0.4 is 10.9 Å². The molecule has 0 bridgehead atoms. The van der Waals surface area contributed by atoms with Crippen molar-refractivity contribution in [2.45, 2.75) is 39.4 Å². The van der Waals surface area contributed by atoms with Crippen LogP contribution in [-0.4, -0.2) is 45.0 Å². The number of nitrogens with one attached hydrogen (secondary N) is 1. The third kappa shape index (κ3) is 6.39. The quantitative estimate of drug-likeness (QED) is 0.390. The second-order valence-electron chi connectivity index (χ2n) is 10.3. The Morgan fingerprint density at radius 3 is 2.51 bits per heavy atom. The number of nitrogens with zero attached hydrogens (tertiary/aromatic N) is 4. The molecule has 0 aliphatic carbocycles. The fraction of sp³-hybridized carbons (Fsp3) is 0.286. The fourth-order valence-corrected chi connectivity index (χ4v) is 4.32. The van der Waals surface area contributed by atoms with E-state index in [9.17, 15) is 14.0 Å². The van der Waals surface area contributed by atoms with Gasteiger partial charge in [0.1, 0.15) is 18.2 Å². The lowest BCUT2D eigenvalue weighted by molar-refractivity contribution is -0.123. The largest absolute Gasteiger partial charge is 0.350 e. The summed E-state index contributed by atoms with van der Waals surface area (Å²) in [5, 5.41) is 3.58. The van der Waals surface area contributed by atoms with Crippen molar-refractivity contribution in [1.82, 2.24) is 24.8 Å². The van der Waals surface area contributed by atoms with Crippen LogP contribution in [0.3, 0.4) is 0 Å². The molecule has 0 spiro atoms. The van der Waals surface area contributed by atoms with Crippen LogP contribution in [0.1, 0.15) is 26.3 Å². The SMILES string of the molecule is CN(C)Cc1cc(F)cc(-c2cnc3nc(-c4cccc(Cl)c4)n(CC(=O)NC(C)(C)C)c(=O)c3c2)c1. The number of carbonyl (C=O) groups excluding carboxylic acids is 1. The Kier molecular flexibility index (Phi) is 7.43. The zero-order valence-corrected chi connectivity index (χ0v) is 22.2. The van der Waals surface area contributed by atoms with Crippen LogP contribution in [0.2, 0.25) is 5.02 Å². The van der Waals surface area contributed by atoms with Crippen molar-refractivity contribution in [2.75, 3.05) is 14.1 Å². The Balaban J connectivity index is 1.88. The van der Waals surface area contributed by atoms with Crippen molar-refractivity contribution in [3.05, 3.63) is 81.5 Å². The standard InChI is InChI=1S/C28H29ClFN5O2/c1-28(2,3)33-24(36)16-35-26(18-7-6-8-21(29)11-18)32-25-23(27(35)37)13-20(14-31-25)19-9-17(15-34(4)5)10-22(30)12-19/h6-14H,15-16H2,1-5H3,(H,33,36). The summed E-state index contributed by atoms with van der Waals surface area (Å²) in [6.07, 6.45) is 1.57. The second kappa shape index (κ2) is 10.4. The number of carbonyl (C=O) groups is 1. The van der Waals surface area contributed by atoms with Crippen molar-refractivity contribution < 1.29 is 9.18 Å². The first-order valence-corrected chi connectivity index (χ1v) is 12.2. The van der Waals surface area contributed by atoms with Crippen LogP contribution in [0.15, 0.2) is 59.5 Å². The maximum absolute atomic E-state index is 14.4. The molecule has 37 heavy (non-hydrogen) atoms. The highest BCUT2D eigenvalue weighted by atomic mass is 35.5. The van der Waals surface area contributed by atoms with Gasteiger partial charge in [0.05, 0.1) is 5.39 Å². The van der Waals surface area contributed by atoms with E-state index < -0.39 is 11.1 Å². The molecule has 1 N–H and O–H groups in total. The lowest BCUT2D eigenvalue weighted by atomic mass is 10.0. The molecule has 2 aromatic heterocycles. The highest BCUT2D eigenvalue weighted by Gasteiger charge is 2.20. The Morgan fingerprint density at radius 1 is 1.08 bits per heavy atom. The molecule has 2 heterocycles. The number of pyridine rings is 1. The zero-order valence-electron chi connectivity index (χ0n) is 21.5. The molecule has 4 rings (SSSR count). The van der Waals surface area contributed by atoms with Gasteiger partial charge >= 0.3 is 0 Å². The monoisotopic (exact) mass is 521 g/mol. The molecular formula is C28H29ClFN5O2. The van der Waals surface area contributed by atoms with E-state index in [0.29, 0.717) is 28.3 Å². The number of halogens is 2. The molecule has 1 amide bonds. The predicted octanol–water partition coefficient (Wildman–Crippen LogP) is 4.89. The highest BCUT2D eigenvalue weighted by Crippen LogP contribution is 2.26. The van der Waals surface area contributed by atoms with Gasteiger partial charge in [-0.3, -0.25) is 14.2 Å². The average molecular weight is 522 g/mol. The smallest absolute Gasteiger partial charge is 0.263 e. The van der Waals surface area contributed by atoms with Gasteiger partial charge in [-0.05, 0) is 82.4 Å². The average Bonchev–Trinajstić information content (AvgIpc) is 2.78. The number of hydrogen-bond acceptors (Lipinski definition) is 5. The Bertz CT molecular complexity index is 1540. The molecule has 0 aliphatic rings. The molecule has 0 fully saturated rings. The van der Waals surface area contributed by atoms with Gasteiger partial charge < -0.3 is 10.2 Å². The van der Waals surface area contributed by atoms with Crippen molar-refractivity contribution in [2.24, 2.45) is 0 Å². The van der Waals surface area contributed by atoms with Gasteiger partial charge in [-0.2, -0.15) is 0 Å². The molecule has 0 saturated carbocycles. The molecule has 9 heteroatoms. The van der Waals surface area contributed by atoms with Gasteiger partial charge in [-0.1, -0.05) is 23.7 Å². The normalized spacial score (nSPS) is 11.8. The van der Waals surface area contributed by atoms with Gasteiger partial charge in [0, 0.05) is 34.4 Å². The Labute approximate surface area is 219 Å². The molecule has 4 aromatic rings. The van der Waals surface area contributed by atoms with Gasteiger partial charge in [-0.25, -0.2) is 14.4 Å². The summed E-state index contributed by atoms with van der Waals surface area (Å²) in [7, 11) is 3.81. The van der Waals surface area contributed by atoms with Gasteiger partial charge in [0.25, 0.3) is 5.56 Å². The first-order valence-electron chi connectivity index (χ1n) is 11.8. The van der Waals surface area contributed by atoms with E-state index in [4.69, 9.17) is 11.6 Å². The highest BCUT2D eigenvalue weighted by molar-refractivity contribution is 6.30. The van der Waals surface area contributed by atoms with E-state index in [1.807, 2.05) is 45.8 Å². The minimum atomic E-state index is -0.475. The number of aromatic nitrogens is 3. The molecule has 7 nitrogen and oxygen atoms in total. The fourth-order valence-electron chi connectivity index (χ4n) is 4.13. The van der Waals surface area contributed by atoms with Crippen LogP contribution in [-0.2, 0) is 17.9 Å². The van der Waals surface area contributed by atoms with E-state index in [2.05, 4.69) is 15.3 Å². The maximum atomic E-state index is 14.4. The molecular weight excluding hydrogens is 493 g/mol. The lowest BCUT2D eigenvalue weighted by Gasteiger charge is -2.21. The summed E-state index contributed by atoms with van der Waals surface area (Å²) in [6.45, 7) is 5.92. The minimum absolute atomic E-state index is 0.223. The second-order valence-corrected chi connectivity index (χ2v) is 10.8. The summed E-state index contributed by atoms with van der Waals surface area (Å²) in [5.74, 6) is -0.426. The summed E-state index contributed by atoms with van der Waals surface area (Å²) < 4.78 is 15.7. The number of amides is 1. The summed E-state index contributed by atoms with van der Waals surface area (Å²) in [6, 6.07) is 13.3. The lowest BCUT2D eigenvalue weighted by Crippen LogP contribution is -2.43. The molecule has 0 unspecified atom stereocenters. The van der Waals surface area contributed by atoms with Crippen LogP contribution in [0, 0.1) is 5.82 Å². The number of hydrogen-bond donors (Lipinski definition) is 1. The number of benzene rings is 2. The predicted molar refractivity (Wildman–Crippen MR) is 145 cm³/mol. The first kappa shape index (κ1) is 26.4. The summed E-state index contributed by atoms with van der Waals surface area (Å²) in [5.41, 5.74) is 1.88. The maximum Gasteiger partial charge on any atom is 0.263 e. The number of rotatable bonds is 6. The van der Waals surface area contributed by atoms with Crippen LogP contribution in [0.5, 0.6) is 0 Å². The van der Waals surface area contributed by atoms with E-state index in [1.165, 1.54) is 16.7 Å². The first-order chi connectivity index (χ1) is 17.4. The topological polar surface area (TPSA) is 80.1 Å². The van der Waals surface area contributed by atoms with E-state index >= 15 is 0 Å². The van der Waals surface area contributed by atoms with Crippen LogP contribution in [0.4, 0.5) is 4.39 Å². The molecule has 0 saturated heterocycles. The van der Waals surface area contributed by atoms with Gasteiger partial charge in [-0.15, -0.1) is 0 Å². The minimum Gasteiger partial charge on any atom is -0.350 e. The molecule has 192 valence electrons. The van der Waals surface area contributed by atoms with Crippen LogP contribution in [0.25, 0.3) is 33.5 Å². The van der Waals surface area contributed by atoms with Crippen molar-refractivity contribution in [3.63, 3.8) is 0 Å². The van der Waals surface area contributed by atoms with E-state index in [-0.39, 0.29) is 35.1 Å². The van der Waals surface area contributed by atoms with Crippen molar-refractivity contribution >= 4 is 28.5 Å². The Hall–Kier alpha value is -3.62. The van der Waals surface area contributed by atoms with Crippen molar-refractivity contribution in [1.29, 1.82) is 0 Å². The third-order valence-electron chi connectivity index (χ3n) is 5.50. The summed E-state index contributed by atoms with van der Waals surface area (Å²) in [4.78, 5) is 37.6. The third-order valence-corrected chi connectivity index (χ3v) is 5.73. The number of fused-ring (bicyclic) bond motifs is 1. The van der Waals surface area contributed by atoms with Gasteiger partial charge in [0.15, 0.2) is 5.65 Å². The van der Waals surface area contributed by atoms with Crippen molar-refractivity contribution in [3.8, 4) is 22.5 Å². The molecule has 2 aromatic carbocycles. The molecule has 0 radical (unpaired) electrons. The Morgan fingerprint density at radius 2 is 1.84 bits per heavy atom. The molecule has 0 atom stereocenters. The summed E-state index contributed by atoms with van der Waals surface area (Å²) >= 11 is 6.20. The van der Waals surface area contributed by atoms with E-state index in [0.717, 1.165) is 5.56 Å².